The zero-order valence-corrected chi connectivity index (χ0v) is 16.7. The van der Waals surface area contributed by atoms with Crippen molar-refractivity contribution in [3.8, 4) is 0 Å². The van der Waals surface area contributed by atoms with Crippen LogP contribution >= 0.6 is 0 Å². The summed E-state index contributed by atoms with van der Waals surface area (Å²) in [6.45, 7) is 6.93. The Hall–Kier alpha value is -3.04. The second-order valence-corrected chi connectivity index (χ2v) is 6.84. The highest BCUT2D eigenvalue weighted by molar-refractivity contribution is 5.86. The van der Waals surface area contributed by atoms with Crippen molar-refractivity contribution in [2.45, 2.75) is 46.6 Å². The number of rotatable bonds is 8. The molecule has 0 aliphatic heterocycles. The molecule has 28 heavy (non-hydrogen) atoms. The number of aromatic nitrogens is 4. The highest BCUT2D eigenvalue weighted by Gasteiger charge is 2.23. The van der Waals surface area contributed by atoms with Gasteiger partial charge in [-0.3, -0.25) is 9.59 Å². The van der Waals surface area contributed by atoms with E-state index in [0.29, 0.717) is 23.5 Å². The van der Waals surface area contributed by atoms with Crippen molar-refractivity contribution in [3.05, 3.63) is 23.3 Å². The van der Waals surface area contributed by atoms with Crippen LogP contribution in [0, 0.1) is 19.8 Å². The topological polar surface area (TPSA) is 125 Å². The first-order valence-corrected chi connectivity index (χ1v) is 8.91. The van der Waals surface area contributed by atoms with Crippen LogP contribution in [-0.2, 0) is 30.3 Å². The minimum Gasteiger partial charge on any atom is -0.467 e. The molecule has 2 aromatic rings. The van der Waals surface area contributed by atoms with Crippen LogP contribution in [0.4, 0.5) is 0 Å². The van der Waals surface area contributed by atoms with E-state index in [0.717, 1.165) is 5.69 Å². The zero-order chi connectivity index (χ0) is 20.8. The quantitative estimate of drug-likeness (QED) is 0.646. The molecule has 152 valence electrons. The first kappa shape index (κ1) is 21.3. The van der Waals surface area contributed by atoms with Crippen molar-refractivity contribution in [2.75, 3.05) is 13.7 Å². The van der Waals surface area contributed by atoms with Crippen molar-refractivity contribution in [1.82, 2.24) is 24.9 Å². The highest BCUT2D eigenvalue weighted by atomic mass is 16.5. The van der Waals surface area contributed by atoms with Crippen molar-refractivity contribution < 1.29 is 23.9 Å². The number of carbonyl (C=O) groups excluding carboxylic acids is 3. The van der Waals surface area contributed by atoms with Gasteiger partial charge >= 0.3 is 11.9 Å². The number of amides is 1. The summed E-state index contributed by atoms with van der Waals surface area (Å²) in [4.78, 5) is 44.3. The molecule has 2 rings (SSSR count). The summed E-state index contributed by atoms with van der Waals surface area (Å²) in [5.74, 6) is -1.06. The number of carbonyl (C=O) groups is 3. The van der Waals surface area contributed by atoms with E-state index in [1.54, 1.807) is 13.8 Å². The van der Waals surface area contributed by atoms with Crippen LogP contribution in [0.15, 0.2) is 6.33 Å². The summed E-state index contributed by atoms with van der Waals surface area (Å²) >= 11 is 0. The molecule has 10 nitrogen and oxygen atoms in total. The summed E-state index contributed by atoms with van der Waals surface area (Å²) in [6.07, 6.45) is 1.75. The Labute approximate surface area is 162 Å². The Balaban J connectivity index is 1.95. The van der Waals surface area contributed by atoms with Crippen LogP contribution < -0.4 is 5.32 Å². The Kier molecular flexibility index (Phi) is 7.02. The van der Waals surface area contributed by atoms with E-state index in [4.69, 9.17) is 9.47 Å². The number of esters is 2. The van der Waals surface area contributed by atoms with Gasteiger partial charge in [0.25, 0.3) is 11.7 Å². The van der Waals surface area contributed by atoms with Gasteiger partial charge in [0.15, 0.2) is 6.61 Å². The lowest BCUT2D eigenvalue weighted by Gasteiger charge is -2.18. The van der Waals surface area contributed by atoms with Crippen LogP contribution in [0.3, 0.4) is 0 Å². The average Bonchev–Trinajstić information content (AvgIpc) is 3.10. The second-order valence-electron chi connectivity index (χ2n) is 6.84. The summed E-state index contributed by atoms with van der Waals surface area (Å²) in [5.41, 5.74) is 2.03. The third kappa shape index (κ3) is 5.24. The van der Waals surface area contributed by atoms with Gasteiger partial charge in [-0.05, 0) is 26.2 Å². The van der Waals surface area contributed by atoms with Crippen LogP contribution in [0.1, 0.15) is 37.2 Å². The van der Waals surface area contributed by atoms with Gasteiger partial charge in [0.2, 0.25) is 0 Å². The molecule has 0 aromatic carbocycles. The largest absolute Gasteiger partial charge is 0.467 e. The van der Waals surface area contributed by atoms with Crippen LogP contribution in [0.5, 0.6) is 0 Å². The second kappa shape index (κ2) is 9.25. The van der Waals surface area contributed by atoms with Gasteiger partial charge in [0.05, 0.1) is 13.5 Å². The van der Waals surface area contributed by atoms with Crippen molar-refractivity contribution in [2.24, 2.45) is 5.92 Å². The average molecular weight is 391 g/mol. The van der Waals surface area contributed by atoms with Gasteiger partial charge in [-0.15, -0.1) is 0 Å². The van der Waals surface area contributed by atoms with Gasteiger partial charge in [-0.1, -0.05) is 13.8 Å². The standard InChI is InChI=1S/C18H25N5O5/c1-10(2)6-14(17(26)27-5)22-15(24)8-28-16(25)7-13-11(3)21-18-19-9-20-23(18)12(13)4/h9-10,14H,6-8H2,1-5H3,(H,22,24)/t14-/m1/s1. The van der Waals surface area contributed by atoms with Crippen LogP contribution in [0.2, 0.25) is 0 Å². The Morgan fingerprint density at radius 2 is 1.96 bits per heavy atom. The number of hydrogen-bond donors (Lipinski definition) is 1. The Morgan fingerprint density at radius 3 is 2.61 bits per heavy atom. The number of nitrogens with zero attached hydrogens (tertiary/aromatic N) is 4. The predicted octanol–water partition coefficient (Wildman–Crippen LogP) is 0.531. The lowest BCUT2D eigenvalue weighted by molar-refractivity contribution is -0.150. The molecule has 0 aliphatic rings. The Morgan fingerprint density at radius 1 is 1.25 bits per heavy atom. The van der Waals surface area contributed by atoms with E-state index in [-0.39, 0.29) is 12.3 Å². The third-order valence-electron chi connectivity index (χ3n) is 4.20. The van der Waals surface area contributed by atoms with Crippen molar-refractivity contribution in [3.63, 3.8) is 0 Å². The van der Waals surface area contributed by atoms with Gasteiger partial charge in [0, 0.05) is 17.0 Å². The minimum absolute atomic E-state index is 0.0554. The fourth-order valence-corrected chi connectivity index (χ4v) is 2.82. The van der Waals surface area contributed by atoms with E-state index in [1.165, 1.54) is 18.0 Å². The number of hydrogen-bond acceptors (Lipinski definition) is 8. The number of aryl methyl sites for hydroxylation is 2. The van der Waals surface area contributed by atoms with E-state index in [1.807, 2.05) is 13.8 Å². The number of ether oxygens (including phenoxy) is 2. The lowest BCUT2D eigenvalue weighted by Crippen LogP contribution is -2.44. The highest BCUT2D eigenvalue weighted by Crippen LogP contribution is 2.14. The van der Waals surface area contributed by atoms with Gasteiger partial charge in [0.1, 0.15) is 12.4 Å². The van der Waals surface area contributed by atoms with Crippen LogP contribution in [0.25, 0.3) is 5.78 Å². The molecule has 0 bridgehead atoms. The molecule has 0 saturated heterocycles. The normalized spacial score (nSPS) is 12.1. The first-order valence-electron chi connectivity index (χ1n) is 8.91. The molecular formula is C18H25N5O5. The molecule has 1 atom stereocenters. The van der Waals surface area contributed by atoms with E-state index >= 15 is 0 Å². The lowest BCUT2D eigenvalue weighted by atomic mass is 10.0. The molecule has 0 fully saturated rings. The number of methoxy groups -OCH3 is 1. The predicted molar refractivity (Wildman–Crippen MR) is 98.3 cm³/mol. The maximum absolute atomic E-state index is 12.2. The maximum Gasteiger partial charge on any atom is 0.328 e. The fourth-order valence-electron chi connectivity index (χ4n) is 2.82. The molecule has 0 aliphatic carbocycles. The summed E-state index contributed by atoms with van der Waals surface area (Å²) in [5, 5.41) is 6.60. The first-order chi connectivity index (χ1) is 13.2. The number of fused-ring (bicyclic) bond motifs is 1. The smallest absolute Gasteiger partial charge is 0.328 e. The third-order valence-corrected chi connectivity index (χ3v) is 4.20. The van der Waals surface area contributed by atoms with E-state index in [2.05, 4.69) is 20.4 Å². The molecule has 2 aromatic heterocycles. The molecule has 0 saturated carbocycles. The fraction of sp³-hybridized carbons (Fsp3) is 0.556. The monoisotopic (exact) mass is 391 g/mol. The van der Waals surface area contributed by atoms with Crippen molar-refractivity contribution >= 4 is 23.6 Å². The Bertz CT molecular complexity index is 877. The SMILES string of the molecule is COC(=O)[C@@H](CC(C)C)NC(=O)COC(=O)Cc1c(C)nc2ncnn2c1C. The molecule has 2 heterocycles. The molecule has 0 unspecified atom stereocenters. The molecular weight excluding hydrogens is 366 g/mol. The van der Waals surface area contributed by atoms with Gasteiger partial charge in [-0.2, -0.15) is 10.1 Å². The van der Waals surface area contributed by atoms with Gasteiger partial charge < -0.3 is 14.8 Å². The zero-order valence-electron chi connectivity index (χ0n) is 16.7. The van der Waals surface area contributed by atoms with Crippen LogP contribution in [-0.4, -0.2) is 57.2 Å². The van der Waals surface area contributed by atoms with Gasteiger partial charge in [-0.25, -0.2) is 14.3 Å². The summed E-state index contributed by atoms with van der Waals surface area (Å²) in [7, 11) is 1.26. The number of nitrogens with one attached hydrogen (secondary N) is 1. The molecule has 10 heteroatoms. The minimum atomic E-state index is -0.778. The molecule has 1 N–H and O–H groups in total. The van der Waals surface area contributed by atoms with E-state index in [9.17, 15) is 14.4 Å². The summed E-state index contributed by atoms with van der Waals surface area (Å²) < 4.78 is 11.3. The molecule has 1 amide bonds. The van der Waals surface area contributed by atoms with Crippen molar-refractivity contribution in [1.29, 1.82) is 0 Å². The molecule has 0 spiro atoms. The van der Waals surface area contributed by atoms with E-state index < -0.39 is 30.5 Å². The maximum atomic E-state index is 12.2. The molecule has 0 radical (unpaired) electrons. The summed E-state index contributed by atoms with van der Waals surface area (Å²) in [6, 6.07) is -0.778.